The van der Waals surface area contributed by atoms with Crippen LogP contribution in [0.15, 0.2) is 48.5 Å². The van der Waals surface area contributed by atoms with Crippen LogP contribution in [0.4, 0.5) is 24.5 Å². The molecule has 1 atom stereocenters. The standard InChI is InChI=1S/C20H21F3N2O2/c21-20(22,23)19(26)14-9-10-16-17(7-4-8-18(16)25-13-14)24-11-12-27-15-5-2-1-3-6-15/h1-8,14,24-25H,9-13H2. The van der Waals surface area contributed by atoms with E-state index in [9.17, 15) is 18.0 Å². The Bertz CT molecular complexity index is 779. The van der Waals surface area contributed by atoms with Gasteiger partial charge in [0.1, 0.15) is 12.4 Å². The van der Waals surface area contributed by atoms with Gasteiger partial charge < -0.3 is 15.4 Å². The van der Waals surface area contributed by atoms with E-state index >= 15 is 0 Å². The van der Waals surface area contributed by atoms with Gasteiger partial charge in [-0.05, 0) is 42.7 Å². The number of rotatable bonds is 6. The minimum absolute atomic E-state index is 0.00802. The highest BCUT2D eigenvalue weighted by molar-refractivity contribution is 5.87. The zero-order chi connectivity index (χ0) is 19.3. The van der Waals surface area contributed by atoms with E-state index in [-0.39, 0.29) is 13.0 Å². The van der Waals surface area contributed by atoms with Gasteiger partial charge in [0.2, 0.25) is 5.78 Å². The smallest absolute Gasteiger partial charge is 0.450 e. The fraction of sp³-hybridized carbons (Fsp3) is 0.350. The van der Waals surface area contributed by atoms with Crippen molar-refractivity contribution >= 4 is 17.2 Å². The summed E-state index contributed by atoms with van der Waals surface area (Å²) in [7, 11) is 0. The molecule has 0 saturated carbocycles. The lowest BCUT2D eigenvalue weighted by Gasteiger charge is -2.15. The molecule has 3 rings (SSSR count). The van der Waals surface area contributed by atoms with Crippen LogP contribution in [0.5, 0.6) is 5.75 Å². The second-order valence-corrected chi connectivity index (χ2v) is 6.40. The summed E-state index contributed by atoms with van der Waals surface area (Å²) in [5.74, 6) is -1.94. The van der Waals surface area contributed by atoms with E-state index in [4.69, 9.17) is 4.74 Å². The van der Waals surface area contributed by atoms with Gasteiger partial charge in [-0.25, -0.2) is 0 Å². The Hall–Kier alpha value is -2.70. The van der Waals surface area contributed by atoms with Crippen molar-refractivity contribution in [2.45, 2.75) is 19.0 Å². The van der Waals surface area contributed by atoms with Gasteiger partial charge in [-0.2, -0.15) is 13.2 Å². The van der Waals surface area contributed by atoms with E-state index < -0.39 is 17.9 Å². The minimum Gasteiger partial charge on any atom is -0.492 e. The number of carbonyl (C=O) groups excluding carboxylic acids is 1. The number of para-hydroxylation sites is 1. The molecule has 0 bridgehead atoms. The Balaban J connectivity index is 1.60. The van der Waals surface area contributed by atoms with Crippen LogP contribution < -0.4 is 15.4 Å². The monoisotopic (exact) mass is 378 g/mol. The number of nitrogens with one attached hydrogen (secondary N) is 2. The third-order valence-corrected chi connectivity index (χ3v) is 4.54. The van der Waals surface area contributed by atoms with Crippen molar-refractivity contribution < 1.29 is 22.7 Å². The molecule has 0 aromatic heterocycles. The fourth-order valence-corrected chi connectivity index (χ4v) is 3.17. The average molecular weight is 378 g/mol. The maximum absolute atomic E-state index is 12.7. The van der Waals surface area contributed by atoms with E-state index in [1.807, 2.05) is 48.5 Å². The molecule has 1 unspecified atom stereocenters. The van der Waals surface area contributed by atoms with Gasteiger partial charge in [-0.1, -0.05) is 24.3 Å². The average Bonchev–Trinajstić information content (AvgIpc) is 2.88. The van der Waals surface area contributed by atoms with Crippen LogP contribution in [0.3, 0.4) is 0 Å². The molecule has 144 valence electrons. The first-order valence-electron chi connectivity index (χ1n) is 8.83. The highest BCUT2D eigenvalue weighted by Crippen LogP contribution is 2.32. The van der Waals surface area contributed by atoms with Gasteiger partial charge in [0.25, 0.3) is 0 Å². The molecule has 1 aliphatic heterocycles. The van der Waals surface area contributed by atoms with Crippen molar-refractivity contribution in [2.24, 2.45) is 5.92 Å². The number of ether oxygens (including phenoxy) is 1. The topological polar surface area (TPSA) is 50.4 Å². The maximum atomic E-state index is 12.7. The lowest BCUT2D eigenvalue weighted by Crippen LogP contribution is -2.34. The molecule has 0 saturated heterocycles. The number of fused-ring (bicyclic) bond motifs is 1. The molecule has 0 radical (unpaired) electrons. The molecule has 1 heterocycles. The lowest BCUT2D eigenvalue weighted by molar-refractivity contribution is -0.175. The predicted molar refractivity (Wildman–Crippen MR) is 98.2 cm³/mol. The molecule has 0 fully saturated rings. The number of hydrogen-bond donors (Lipinski definition) is 2. The van der Waals surface area contributed by atoms with Crippen LogP contribution in [0.2, 0.25) is 0 Å². The van der Waals surface area contributed by atoms with Gasteiger partial charge in [-0.15, -0.1) is 0 Å². The van der Waals surface area contributed by atoms with E-state index in [1.54, 1.807) is 0 Å². The Labute approximate surface area is 155 Å². The third-order valence-electron chi connectivity index (χ3n) is 4.54. The molecule has 1 aliphatic rings. The molecule has 27 heavy (non-hydrogen) atoms. The van der Waals surface area contributed by atoms with Crippen LogP contribution in [-0.2, 0) is 11.2 Å². The predicted octanol–water partition coefficient (Wildman–Crippen LogP) is 4.28. The van der Waals surface area contributed by atoms with Gasteiger partial charge >= 0.3 is 6.18 Å². The number of halogens is 3. The summed E-state index contributed by atoms with van der Waals surface area (Å²) in [6.45, 7) is 0.998. The van der Waals surface area contributed by atoms with Crippen molar-refractivity contribution in [3.05, 3.63) is 54.1 Å². The van der Waals surface area contributed by atoms with Crippen molar-refractivity contribution in [3.8, 4) is 5.75 Å². The van der Waals surface area contributed by atoms with Gasteiger partial charge in [0, 0.05) is 30.4 Å². The van der Waals surface area contributed by atoms with E-state index in [0.717, 1.165) is 22.7 Å². The molecule has 2 aromatic carbocycles. The number of carbonyl (C=O) groups is 1. The van der Waals surface area contributed by atoms with Crippen LogP contribution in [0.1, 0.15) is 12.0 Å². The summed E-state index contributed by atoms with van der Waals surface area (Å²) in [4.78, 5) is 11.6. The molecular formula is C20H21F3N2O2. The first-order chi connectivity index (χ1) is 12.9. The molecule has 4 nitrogen and oxygen atoms in total. The van der Waals surface area contributed by atoms with E-state index in [2.05, 4.69) is 10.6 Å². The number of ketones is 1. The number of benzene rings is 2. The fourth-order valence-electron chi connectivity index (χ4n) is 3.17. The molecule has 0 aliphatic carbocycles. The van der Waals surface area contributed by atoms with Crippen LogP contribution in [0, 0.1) is 5.92 Å². The molecule has 0 amide bonds. The van der Waals surface area contributed by atoms with Gasteiger partial charge in [0.15, 0.2) is 0 Å². The first-order valence-corrected chi connectivity index (χ1v) is 8.83. The largest absolute Gasteiger partial charge is 0.492 e. The van der Waals surface area contributed by atoms with Crippen molar-refractivity contribution in [1.82, 2.24) is 0 Å². The van der Waals surface area contributed by atoms with Crippen LogP contribution >= 0.6 is 0 Å². The summed E-state index contributed by atoms with van der Waals surface area (Å²) in [6.07, 6.45) is -4.23. The SMILES string of the molecule is O=C(C1CCc2c(NCCOc3ccccc3)cccc2NC1)C(F)(F)F. The zero-order valence-electron chi connectivity index (χ0n) is 14.7. The summed E-state index contributed by atoms with van der Waals surface area (Å²) in [5.41, 5.74) is 2.51. The third kappa shape index (κ3) is 4.93. The number of hydrogen-bond acceptors (Lipinski definition) is 4. The second kappa shape index (κ2) is 8.33. The van der Waals surface area contributed by atoms with Crippen molar-refractivity contribution in [2.75, 3.05) is 30.3 Å². The molecule has 2 aromatic rings. The highest BCUT2D eigenvalue weighted by Gasteiger charge is 2.43. The first kappa shape index (κ1) is 19.1. The van der Waals surface area contributed by atoms with E-state index in [0.29, 0.717) is 19.6 Å². The molecule has 7 heteroatoms. The summed E-state index contributed by atoms with van der Waals surface area (Å²) >= 11 is 0. The van der Waals surface area contributed by atoms with Crippen LogP contribution in [-0.4, -0.2) is 31.7 Å². The van der Waals surface area contributed by atoms with Crippen molar-refractivity contribution in [3.63, 3.8) is 0 Å². The maximum Gasteiger partial charge on any atom is 0.450 e. The number of Topliss-reactive ketones (excluding diaryl/α,β-unsaturated/α-hetero) is 1. The Morgan fingerprint density at radius 3 is 2.67 bits per heavy atom. The van der Waals surface area contributed by atoms with Gasteiger partial charge in [-0.3, -0.25) is 4.79 Å². The quantitative estimate of drug-likeness (QED) is 0.737. The molecule has 2 N–H and O–H groups in total. The summed E-state index contributed by atoms with van der Waals surface area (Å²) < 4.78 is 43.8. The second-order valence-electron chi connectivity index (χ2n) is 6.40. The number of alkyl halides is 3. The minimum atomic E-state index is -4.79. The Morgan fingerprint density at radius 1 is 1.15 bits per heavy atom. The van der Waals surface area contributed by atoms with E-state index in [1.165, 1.54) is 0 Å². The Kier molecular flexibility index (Phi) is 5.88. The number of anilines is 2. The summed E-state index contributed by atoms with van der Waals surface area (Å²) in [5, 5.41) is 6.27. The lowest BCUT2D eigenvalue weighted by atomic mass is 9.96. The zero-order valence-corrected chi connectivity index (χ0v) is 14.7. The normalized spacial score (nSPS) is 16.6. The highest BCUT2D eigenvalue weighted by atomic mass is 19.4. The van der Waals surface area contributed by atoms with Crippen LogP contribution in [0.25, 0.3) is 0 Å². The van der Waals surface area contributed by atoms with Gasteiger partial charge in [0.05, 0.1) is 0 Å². The Morgan fingerprint density at radius 2 is 1.93 bits per heavy atom. The summed E-state index contributed by atoms with van der Waals surface area (Å²) in [6, 6.07) is 15.0. The molecule has 0 spiro atoms. The van der Waals surface area contributed by atoms with Crippen molar-refractivity contribution in [1.29, 1.82) is 0 Å². The molecular weight excluding hydrogens is 357 g/mol.